The zero-order valence-electron chi connectivity index (χ0n) is 11.6. The van der Waals surface area contributed by atoms with Crippen molar-refractivity contribution in [1.82, 2.24) is 4.90 Å². The number of nitrogens with zero attached hydrogens (tertiary/aromatic N) is 1. The molecule has 4 heteroatoms. The van der Waals surface area contributed by atoms with Crippen molar-refractivity contribution in [3.05, 3.63) is 48.0 Å². The van der Waals surface area contributed by atoms with Gasteiger partial charge in [-0.25, -0.2) is 0 Å². The van der Waals surface area contributed by atoms with Crippen LogP contribution in [-0.2, 0) is 4.79 Å². The van der Waals surface area contributed by atoms with Crippen LogP contribution in [0.25, 0.3) is 10.8 Å². The quantitative estimate of drug-likeness (QED) is 0.837. The van der Waals surface area contributed by atoms with Crippen LogP contribution < -0.4 is 5.11 Å². The van der Waals surface area contributed by atoms with Gasteiger partial charge < -0.3 is 14.8 Å². The molecule has 21 heavy (non-hydrogen) atoms. The lowest BCUT2D eigenvalue weighted by molar-refractivity contribution is -0.312. The molecule has 0 radical (unpaired) electrons. The van der Waals surface area contributed by atoms with E-state index in [0.29, 0.717) is 31.5 Å². The highest BCUT2D eigenvalue weighted by atomic mass is 16.4. The molecule has 108 valence electrons. The molecule has 0 bridgehead atoms. The first-order valence-corrected chi connectivity index (χ1v) is 7.14. The summed E-state index contributed by atoms with van der Waals surface area (Å²) in [6, 6.07) is 13.5. The lowest BCUT2D eigenvalue weighted by atomic mass is 9.96. The number of carbonyl (C=O) groups is 2. The lowest BCUT2D eigenvalue weighted by Gasteiger charge is -2.32. The van der Waals surface area contributed by atoms with E-state index >= 15 is 0 Å². The smallest absolute Gasteiger partial charge is 0.254 e. The Balaban J connectivity index is 1.84. The fourth-order valence-corrected chi connectivity index (χ4v) is 2.90. The molecule has 0 N–H and O–H groups in total. The van der Waals surface area contributed by atoms with Gasteiger partial charge in [0.25, 0.3) is 5.91 Å². The molecule has 1 fully saturated rings. The normalized spacial score (nSPS) is 16.1. The second-order valence-corrected chi connectivity index (χ2v) is 5.41. The van der Waals surface area contributed by atoms with E-state index in [2.05, 4.69) is 0 Å². The number of amides is 1. The Morgan fingerprint density at radius 1 is 1.00 bits per heavy atom. The van der Waals surface area contributed by atoms with Crippen LogP contribution in [-0.4, -0.2) is 29.9 Å². The van der Waals surface area contributed by atoms with E-state index in [4.69, 9.17) is 0 Å². The molecule has 1 heterocycles. The number of likely N-dealkylation sites (tertiary alicyclic amines) is 1. The Morgan fingerprint density at radius 2 is 1.67 bits per heavy atom. The first kappa shape index (κ1) is 13.6. The zero-order valence-corrected chi connectivity index (χ0v) is 11.6. The highest BCUT2D eigenvalue weighted by molar-refractivity contribution is 6.07. The van der Waals surface area contributed by atoms with E-state index in [1.165, 1.54) is 0 Å². The summed E-state index contributed by atoms with van der Waals surface area (Å²) in [6.45, 7) is 0.946. The van der Waals surface area contributed by atoms with Gasteiger partial charge >= 0.3 is 0 Å². The minimum Gasteiger partial charge on any atom is -0.550 e. The number of benzene rings is 2. The average Bonchev–Trinajstić information content (AvgIpc) is 2.53. The van der Waals surface area contributed by atoms with Gasteiger partial charge in [0, 0.05) is 30.5 Å². The molecule has 1 aliphatic heterocycles. The molecular weight excluding hydrogens is 266 g/mol. The second kappa shape index (κ2) is 5.56. The van der Waals surface area contributed by atoms with Gasteiger partial charge in [0.2, 0.25) is 0 Å². The van der Waals surface area contributed by atoms with Gasteiger partial charge in [0.1, 0.15) is 0 Å². The van der Waals surface area contributed by atoms with Crippen molar-refractivity contribution in [2.75, 3.05) is 13.1 Å². The molecule has 0 atom stereocenters. The van der Waals surface area contributed by atoms with Gasteiger partial charge in [-0.1, -0.05) is 36.4 Å². The predicted octanol–water partition coefficient (Wildman–Crippen LogP) is 1.44. The molecule has 1 amide bonds. The molecule has 2 aromatic carbocycles. The van der Waals surface area contributed by atoms with Crippen molar-refractivity contribution in [2.24, 2.45) is 5.92 Å². The minimum absolute atomic E-state index is 0.0244. The molecule has 4 nitrogen and oxygen atoms in total. The molecule has 2 aromatic rings. The standard InChI is InChI=1S/C17H17NO3/c19-16(18-10-8-13(9-11-18)17(20)21)15-7-3-5-12-4-1-2-6-14(12)15/h1-7,13H,8-11H2,(H,20,21)/p-1. The Bertz CT molecular complexity index is 682. The molecule has 0 unspecified atom stereocenters. The van der Waals surface area contributed by atoms with Gasteiger partial charge in [-0.3, -0.25) is 4.79 Å². The van der Waals surface area contributed by atoms with Crippen LogP contribution in [0, 0.1) is 5.92 Å². The van der Waals surface area contributed by atoms with E-state index in [0.717, 1.165) is 10.8 Å². The topological polar surface area (TPSA) is 60.4 Å². The van der Waals surface area contributed by atoms with Crippen LogP contribution in [0.15, 0.2) is 42.5 Å². The zero-order chi connectivity index (χ0) is 14.8. The maximum absolute atomic E-state index is 12.7. The Kier molecular flexibility index (Phi) is 3.60. The van der Waals surface area contributed by atoms with Crippen LogP contribution in [0.2, 0.25) is 0 Å². The number of carboxylic acid groups (broad SMARTS) is 1. The molecule has 0 spiro atoms. The molecule has 0 aromatic heterocycles. The van der Waals surface area contributed by atoms with Crippen LogP contribution in [0.3, 0.4) is 0 Å². The third-order valence-corrected chi connectivity index (χ3v) is 4.14. The second-order valence-electron chi connectivity index (χ2n) is 5.41. The van der Waals surface area contributed by atoms with Gasteiger partial charge in [-0.15, -0.1) is 0 Å². The fraction of sp³-hybridized carbons (Fsp3) is 0.294. The van der Waals surface area contributed by atoms with Crippen LogP contribution in [0.4, 0.5) is 0 Å². The number of hydrogen-bond acceptors (Lipinski definition) is 3. The van der Waals surface area contributed by atoms with Crippen molar-refractivity contribution in [2.45, 2.75) is 12.8 Å². The molecule has 1 aliphatic rings. The Labute approximate surface area is 123 Å². The van der Waals surface area contributed by atoms with Gasteiger partial charge in [0.15, 0.2) is 0 Å². The monoisotopic (exact) mass is 282 g/mol. The van der Waals surface area contributed by atoms with E-state index < -0.39 is 11.9 Å². The number of carbonyl (C=O) groups excluding carboxylic acids is 2. The third-order valence-electron chi connectivity index (χ3n) is 4.14. The van der Waals surface area contributed by atoms with Gasteiger partial charge in [-0.05, 0) is 29.7 Å². The summed E-state index contributed by atoms with van der Waals surface area (Å²) in [5.74, 6) is -1.46. The summed E-state index contributed by atoms with van der Waals surface area (Å²) in [5, 5.41) is 12.8. The number of rotatable bonds is 2. The predicted molar refractivity (Wildman–Crippen MR) is 77.6 cm³/mol. The molecule has 1 saturated heterocycles. The van der Waals surface area contributed by atoms with Crippen molar-refractivity contribution in [3.63, 3.8) is 0 Å². The Hall–Kier alpha value is -2.36. The Morgan fingerprint density at radius 3 is 2.38 bits per heavy atom. The fourth-order valence-electron chi connectivity index (χ4n) is 2.90. The van der Waals surface area contributed by atoms with Crippen molar-refractivity contribution in [1.29, 1.82) is 0 Å². The summed E-state index contributed by atoms with van der Waals surface area (Å²) in [5.41, 5.74) is 0.681. The molecular formula is C17H16NO3-. The minimum atomic E-state index is -1.01. The third kappa shape index (κ3) is 2.61. The summed E-state index contributed by atoms with van der Waals surface area (Å²) in [4.78, 5) is 25.3. The first-order valence-electron chi connectivity index (χ1n) is 7.14. The number of carboxylic acids is 1. The van der Waals surface area contributed by atoms with Gasteiger partial charge in [-0.2, -0.15) is 0 Å². The summed E-state index contributed by atoms with van der Waals surface area (Å²) in [6.07, 6.45) is 0.942. The number of piperidine rings is 1. The maximum Gasteiger partial charge on any atom is 0.254 e. The van der Waals surface area contributed by atoms with E-state index in [9.17, 15) is 14.7 Å². The summed E-state index contributed by atoms with van der Waals surface area (Å²) >= 11 is 0. The van der Waals surface area contributed by atoms with Crippen LogP contribution in [0.1, 0.15) is 23.2 Å². The molecule has 0 saturated carbocycles. The van der Waals surface area contributed by atoms with Crippen molar-refractivity contribution in [3.8, 4) is 0 Å². The van der Waals surface area contributed by atoms with Crippen LogP contribution >= 0.6 is 0 Å². The summed E-state index contributed by atoms with van der Waals surface area (Å²) in [7, 11) is 0. The first-order chi connectivity index (χ1) is 10.2. The molecule has 0 aliphatic carbocycles. The van der Waals surface area contributed by atoms with E-state index in [-0.39, 0.29) is 5.91 Å². The summed E-state index contributed by atoms with van der Waals surface area (Å²) < 4.78 is 0. The number of hydrogen-bond donors (Lipinski definition) is 0. The van der Waals surface area contributed by atoms with E-state index in [1.54, 1.807) is 4.90 Å². The maximum atomic E-state index is 12.7. The highest BCUT2D eigenvalue weighted by Gasteiger charge is 2.24. The van der Waals surface area contributed by atoms with Crippen LogP contribution in [0.5, 0.6) is 0 Å². The molecule has 3 rings (SSSR count). The average molecular weight is 282 g/mol. The van der Waals surface area contributed by atoms with Gasteiger partial charge in [0.05, 0.1) is 0 Å². The van der Waals surface area contributed by atoms with Crippen molar-refractivity contribution < 1.29 is 14.7 Å². The highest BCUT2D eigenvalue weighted by Crippen LogP contribution is 2.23. The number of fused-ring (bicyclic) bond motifs is 1. The van der Waals surface area contributed by atoms with E-state index in [1.807, 2.05) is 42.5 Å². The van der Waals surface area contributed by atoms with Crippen molar-refractivity contribution >= 4 is 22.6 Å². The largest absolute Gasteiger partial charge is 0.550 e. The SMILES string of the molecule is O=C([O-])C1CCN(C(=O)c2cccc3ccccc23)CC1. The number of aliphatic carboxylic acids is 1. The lowest BCUT2D eigenvalue weighted by Crippen LogP contribution is -2.43.